The maximum absolute atomic E-state index is 11.8. The Kier molecular flexibility index (Phi) is 3.08. The van der Waals surface area contributed by atoms with Crippen LogP contribution in [0.25, 0.3) is 11.1 Å². The Balaban J connectivity index is 2.20. The molecule has 0 amide bonds. The SMILES string of the molecule is CC(=O)c1ccccc1-c1cccc2c1OCCC2. The van der Waals surface area contributed by atoms with Crippen molar-refractivity contribution in [1.82, 2.24) is 0 Å². The van der Waals surface area contributed by atoms with E-state index >= 15 is 0 Å². The van der Waals surface area contributed by atoms with Crippen molar-refractivity contribution in [2.75, 3.05) is 6.61 Å². The first kappa shape index (κ1) is 12.0. The average Bonchev–Trinajstić information content (AvgIpc) is 2.46. The predicted molar refractivity (Wildman–Crippen MR) is 75.7 cm³/mol. The van der Waals surface area contributed by atoms with Gasteiger partial charge in [0.1, 0.15) is 5.75 Å². The summed E-state index contributed by atoms with van der Waals surface area (Å²) in [7, 11) is 0. The zero-order valence-corrected chi connectivity index (χ0v) is 11.0. The third kappa shape index (κ3) is 2.14. The van der Waals surface area contributed by atoms with Crippen LogP contribution in [0.3, 0.4) is 0 Å². The van der Waals surface area contributed by atoms with Crippen LogP contribution in [0.5, 0.6) is 5.75 Å². The lowest BCUT2D eigenvalue weighted by Gasteiger charge is -2.21. The lowest BCUT2D eigenvalue weighted by molar-refractivity contribution is 0.101. The minimum atomic E-state index is 0.0870. The zero-order chi connectivity index (χ0) is 13.2. The van der Waals surface area contributed by atoms with E-state index in [9.17, 15) is 4.79 Å². The second-order valence-corrected chi connectivity index (χ2v) is 4.85. The molecule has 3 rings (SSSR count). The lowest BCUT2D eigenvalue weighted by Crippen LogP contribution is -2.09. The first-order valence-electron chi connectivity index (χ1n) is 6.62. The van der Waals surface area contributed by atoms with Gasteiger partial charge in [0.25, 0.3) is 0 Å². The Hall–Kier alpha value is -2.09. The van der Waals surface area contributed by atoms with E-state index < -0.39 is 0 Å². The van der Waals surface area contributed by atoms with Gasteiger partial charge in [0.15, 0.2) is 5.78 Å². The number of fused-ring (bicyclic) bond motifs is 1. The highest BCUT2D eigenvalue weighted by atomic mass is 16.5. The van der Waals surface area contributed by atoms with Gasteiger partial charge < -0.3 is 4.74 Å². The van der Waals surface area contributed by atoms with Crippen molar-refractivity contribution in [2.24, 2.45) is 0 Å². The van der Waals surface area contributed by atoms with Gasteiger partial charge in [-0.25, -0.2) is 0 Å². The fourth-order valence-corrected chi connectivity index (χ4v) is 2.63. The summed E-state index contributed by atoms with van der Waals surface area (Å²) in [5.74, 6) is 1.03. The van der Waals surface area contributed by atoms with Crippen LogP contribution in [0.4, 0.5) is 0 Å². The van der Waals surface area contributed by atoms with Crippen LogP contribution >= 0.6 is 0 Å². The minimum Gasteiger partial charge on any atom is -0.493 e. The summed E-state index contributed by atoms with van der Waals surface area (Å²) in [6.07, 6.45) is 2.11. The van der Waals surface area contributed by atoms with Gasteiger partial charge in [-0.2, -0.15) is 0 Å². The molecule has 0 N–H and O–H groups in total. The average molecular weight is 252 g/mol. The van der Waals surface area contributed by atoms with Crippen molar-refractivity contribution in [2.45, 2.75) is 19.8 Å². The summed E-state index contributed by atoms with van der Waals surface area (Å²) in [4.78, 5) is 11.8. The maximum atomic E-state index is 11.8. The molecule has 0 unspecified atom stereocenters. The number of carbonyl (C=O) groups excluding carboxylic acids is 1. The predicted octanol–water partition coefficient (Wildman–Crippen LogP) is 3.88. The highest BCUT2D eigenvalue weighted by Crippen LogP contribution is 2.37. The molecule has 19 heavy (non-hydrogen) atoms. The summed E-state index contributed by atoms with van der Waals surface area (Å²) in [5, 5.41) is 0. The number of ether oxygens (including phenoxy) is 1. The fraction of sp³-hybridized carbons (Fsp3) is 0.235. The Labute approximate surface area is 113 Å². The molecular formula is C17H16O2. The van der Waals surface area contributed by atoms with Gasteiger partial charge in [0.05, 0.1) is 6.61 Å². The van der Waals surface area contributed by atoms with Gasteiger partial charge in [-0.15, -0.1) is 0 Å². The van der Waals surface area contributed by atoms with Crippen LogP contribution in [-0.2, 0) is 6.42 Å². The molecule has 2 heteroatoms. The van der Waals surface area contributed by atoms with E-state index in [2.05, 4.69) is 6.07 Å². The number of hydrogen-bond acceptors (Lipinski definition) is 2. The number of Topliss-reactive ketones (excluding diaryl/α,β-unsaturated/α-hetero) is 1. The molecule has 0 aliphatic carbocycles. The first-order valence-corrected chi connectivity index (χ1v) is 6.62. The highest BCUT2D eigenvalue weighted by molar-refractivity contribution is 6.01. The monoisotopic (exact) mass is 252 g/mol. The topological polar surface area (TPSA) is 26.3 Å². The minimum absolute atomic E-state index is 0.0870. The second kappa shape index (κ2) is 4.88. The number of benzene rings is 2. The van der Waals surface area contributed by atoms with E-state index in [1.807, 2.05) is 36.4 Å². The molecule has 0 spiro atoms. The van der Waals surface area contributed by atoms with Gasteiger partial charge in [-0.3, -0.25) is 4.79 Å². The van der Waals surface area contributed by atoms with Gasteiger partial charge in [-0.05, 0) is 30.9 Å². The normalized spacial score (nSPS) is 13.5. The molecule has 2 aromatic rings. The third-order valence-corrected chi connectivity index (χ3v) is 3.53. The summed E-state index contributed by atoms with van der Waals surface area (Å²) >= 11 is 0. The maximum Gasteiger partial charge on any atom is 0.160 e. The van der Waals surface area contributed by atoms with Gasteiger partial charge in [0.2, 0.25) is 0 Å². The van der Waals surface area contributed by atoms with Crippen LogP contribution in [0.15, 0.2) is 42.5 Å². The second-order valence-electron chi connectivity index (χ2n) is 4.85. The molecular weight excluding hydrogens is 236 g/mol. The standard InChI is InChI=1S/C17H16O2/c1-12(18)14-8-2-3-9-15(14)16-10-4-6-13-7-5-11-19-17(13)16/h2-4,6,8-10H,5,7,11H2,1H3. The molecule has 0 aromatic heterocycles. The van der Waals surface area contributed by atoms with E-state index in [0.717, 1.165) is 41.9 Å². The van der Waals surface area contributed by atoms with Crippen molar-refractivity contribution < 1.29 is 9.53 Å². The number of ketones is 1. The molecule has 1 aliphatic rings. The molecule has 0 fully saturated rings. The zero-order valence-electron chi connectivity index (χ0n) is 11.0. The smallest absolute Gasteiger partial charge is 0.160 e. The lowest BCUT2D eigenvalue weighted by atomic mass is 9.93. The van der Waals surface area contributed by atoms with Crippen LogP contribution in [0.2, 0.25) is 0 Å². The summed E-state index contributed by atoms with van der Waals surface area (Å²) in [5.41, 5.74) is 3.99. The van der Waals surface area contributed by atoms with Crippen molar-refractivity contribution in [1.29, 1.82) is 0 Å². The van der Waals surface area contributed by atoms with Crippen LogP contribution in [0.1, 0.15) is 29.3 Å². The number of rotatable bonds is 2. The highest BCUT2D eigenvalue weighted by Gasteiger charge is 2.18. The summed E-state index contributed by atoms with van der Waals surface area (Å²) < 4.78 is 5.83. The molecule has 0 radical (unpaired) electrons. The molecule has 0 bridgehead atoms. The van der Waals surface area contributed by atoms with Crippen molar-refractivity contribution in [3.8, 4) is 16.9 Å². The van der Waals surface area contributed by atoms with E-state index in [0.29, 0.717) is 0 Å². The molecule has 0 saturated carbocycles. The van der Waals surface area contributed by atoms with E-state index in [1.165, 1.54) is 5.56 Å². The number of aryl methyl sites for hydroxylation is 1. The molecule has 0 atom stereocenters. The van der Waals surface area contributed by atoms with E-state index in [-0.39, 0.29) is 5.78 Å². The quantitative estimate of drug-likeness (QED) is 0.758. The Morgan fingerprint density at radius 3 is 2.68 bits per heavy atom. The molecule has 1 heterocycles. The summed E-state index contributed by atoms with van der Waals surface area (Å²) in [6, 6.07) is 13.9. The Morgan fingerprint density at radius 1 is 1.05 bits per heavy atom. The van der Waals surface area contributed by atoms with Gasteiger partial charge in [0, 0.05) is 11.1 Å². The van der Waals surface area contributed by atoms with Crippen molar-refractivity contribution in [3.05, 3.63) is 53.6 Å². The molecule has 1 aliphatic heterocycles. The number of carbonyl (C=O) groups is 1. The van der Waals surface area contributed by atoms with Crippen LogP contribution < -0.4 is 4.74 Å². The summed E-state index contributed by atoms with van der Waals surface area (Å²) in [6.45, 7) is 2.36. The molecule has 96 valence electrons. The fourth-order valence-electron chi connectivity index (χ4n) is 2.63. The van der Waals surface area contributed by atoms with Crippen LogP contribution in [-0.4, -0.2) is 12.4 Å². The third-order valence-electron chi connectivity index (χ3n) is 3.53. The number of para-hydroxylation sites is 1. The van der Waals surface area contributed by atoms with Crippen molar-refractivity contribution in [3.63, 3.8) is 0 Å². The molecule has 2 aromatic carbocycles. The molecule has 0 saturated heterocycles. The van der Waals surface area contributed by atoms with E-state index in [4.69, 9.17) is 4.74 Å². The first-order chi connectivity index (χ1) is 9.27. The largest absolute Gasteiger partial charge is 0.493 e. The van der Waals surface area contributed by atoms with Gasteiger partial charge in [-0.1, -0.05) is 42.5 Å². The van der Waals surface area contributed by atoms with Crippen molar-refractivity contribution >= 4 is 5.78 Å². The number of hydrogen-bond donors (Lipinski definition) is 0. The Morgan fingerprint density at radius 2 is 1.84 bits per heavy atom. The van der Waals surface area contributed by atoms with E-state index in [1.54, 1.807) is 6.92 Å². The molecule has 2 nitrogen and oxygen atoms in total. The Bertz CT molecular complexity index is 629. The van der Waals surface area contributed by atoms with Crippen LogP contribution in [0, 0.1) is 0 Å². The van der Waals surface area contributed by atoms with Gasteiger partial charge >= 0.3 is 0 Å².